The summed E-state index contributed by atoms with van der Waals surface area (Å²) in [5.41, 5.74) is 2.65. The molecule has 2 nitrogen and oxygen atoms in total. The van der Waals surface area contributed by atoms with Crippen LogP contribution in [0.25, 0.3) is 0 Å². The topological polar surface area (TPSA) is 21.3 Å². The lowest BCUT2D eigenvalue weighted by molar-refractivity contribution is -0.0865. The molecule has 0 amide bonds. The molecule has 2 aliphatic rings. The number of hydrogen-bond donors (Lipinski definition) is 1. The van der Waals surface area contributed by atoms with Gasteiger partial charge in [-0.2, -0.15) is 11.8 Å². The Morgan fingerprint density at radius 2 is 2.15 bits per heavy atom. The molecule has 1 atom stereocenters. The van der Waals surface area contributed by atoms with Gasteiger partial charge in [0.25, 0.3) is 0 Å². The van der Waals surface area contributed by atoms with Crippen LogP contribution in [0.2, 0.25) is 0 Å². The molecule has 110 valence electrons. The molecule has 0 aliphatic carbocycles. The van der Waals surface area contributed by atoms with Crippen LogP contribution >= 0.6 is 27.7 Å². The maximum absolute atomic E-state index is 6.16. The van der Waals surface area contributed by atoms with Crippen molar-refractivity contribution in [2.45, 2.75) is 44.2 Å². The predicted octanol–water partition coefficient (Wildman–Crippen LogP) is 4.61. The Morgan fingerprint density at radius 3 is 2.95 bits per heavy atom. The first-order valence-corrected chi connectivity index (χ1v) is 9.37. The highest BCUT2D eigenvalue weighted by atomic mass is 79.9. The molecule has 2 saturated heterocycles. The van der Waals surface area contributed by atoms with E-state index >= 15 is 0 Å². The number of nitrogens with one attached hydrogen (secondary N) is 1. The van der Waals surface area contributed by atoms with Crippen molar-refractivity contribution in [1.82, 2.24) is 0 Å². The molecule has 1 spiro atoms. The second kappa shape index (κ2) is 6.29. The second-order valence-corrected chi connectivity index (χ2v) is 7.93. The highest BCUT2D eigenvalue weighted by Gasteiger charge is 2.38. The van der Waals surface area contributed by atoms with E-state index in [2.05, 4.69) is 58.1 Å². The third kappa shape index (κ3) is 3.18. The number of benzene rings is 1. The molecule has 1 N–H and O–H groups in total. The van der Waals surface area contributed by atoms with Gasteiger partial charge >= 0.3 is 0 Å². The number of ether oxygens (including phenoxy) is 1. The average molecular weight is 356 g/mol. The Kier molecular flexibility index (Phi) is 4.63. The zero-order chi connectivity index (χ0) is 14.0. The van der Waals surface area contributed by atoms with Crippen molar-refractivity contribution in [2.24, 2.45) is 0 Å². The van der Waals surface area contributed by atoms with Crippen molar-refractivity contribution < 1.29 is 4.74 Å². The van der Waals surface area contributed by atoms with Crippen molar-refractivity contribution in [1.29, 1.82) is 0 Å². The molecular formula is C16H22BrNOS. The zero-order valence-corrected chi connectivity index (χ0v) is 14.4. The van der Waals surface area contributed by atoms with Gasteiger partial charge in [0.05, 0.1) is 5.60 Å². The van der Waals surface area contributed by atoms with Crippen LogP contribution in [0.4, 0.5) is 5.69 Å². The van der Waals surface area contributed by atoms with E-state index in [1.54, 1.807) is 0 Å². The van der Waals surface area contributed by atoms with Gasteiger partial charge in [-0.3, -0.25) is 0 Å². The third-order valence-corrected chi connectivity index (χ3v) is 6.49. The summed E-state index contributed by atoms with van der Waals surface area (Å²) >= 11 is 5.76. The largest absolute Gasteiger partial charge is 0.381 e. The summed E-state index contributed by atoms with van der Waals surface area (Å²) in [6, 6.07) is 6.95. The van der Waals surface area contributed by atoms with Gasteiger partial charge in [-0.15, -0.1) is 0 Å². The smallest absolute Gasteiger partial charge is 0.0717 e. The molecule has 0 saturated carbocycles. The number of hydrogen-bond acceptors (Lipinski definition) is 3. The first kappa shape index (κ1) is 14.7. The summed E-state index contributed by atoms with van der Waals surface area (Å²) in [6.45, 7) is 3.03. The molecule has 2 heterocycles. The van der Waals surface area contributed by atoms with Crippen LogP contribution in [0.5, 0.6) is 0 Å². The van der Waals surface area contributed by atoms with E-state index < -0.39 is 0 Å². The molecular weight excluding hydrogens is 334 g/mol. The molecule has 2 aliphatic heterocycles. The van der Waals surface area contributed by atoms with Crippen LogP contribution in [0.1, 0.15) is 31.2 Å². The summed E-state index contributed by atoms with van der Waals surface area (Å²) in [6.07, 6.45) is 4.68. The van der Waals surface area contributed by atoms with E-state index in [9.17, 15) is 0 Å². The Bertz CT molecular complexity index is 468. The first-order chi connectivity index (χ1) is 9.69. The van der Waals surface area contributed by atoms with Crippen molar-refractivity contribution in [3.05, 3.63) is 28.2 Å². The molecule has 4 heteroatoms. The molecule has 1 aromatic rings. The van der Waals surface area contributed by atoms with E-state index in [-0.39, 0.29) is 5.60 Å². The SMILES string of the molecule is Cc1cccc(NC2CCOC3(CCSCC3)C2)c1Br. The van der Waals surface area contributed by atoms with Crippen molar-refractivity contribution in [3.63, 3.8) is 0 Å². The number of halogens is 1. The van der Waals surface area contributed by atoms with Crippen molar-refractivity contribution >= 4 is 33.4 Å². The fourth-order valence-electron chi connectivity index (χ4n) is 3.22. The molecule has 1 aromatic carbocycles. The Hall–Kier alpha value is -0.190. The van der Waals surface area contributed by atoms with Gasteiger partial charge < -0.3 is 10.1 Å². The van der Waals surface area contributed by atoms with Crippen LogP contribution in [0.3, 0.4) is 0 Å². The summed E-state index contributed by atoms with van der Waals surface area (Å²) < 4.78 is 7.36. The number of thioether (sulfide) groups is 1. The number of anilines is 1. The van der Waals surface area contributed by atoms with Gasteiger partial charge in [-0.1, -0.05) is 12.1 Å². The predicted molar refractivity (Wildman–Crippen MR) is 90.8 cm³/mol. The van der Waals surface area contributed by atoms with E-state index in [0.717, 1.165) is 19.4 Å². The van der Waals surface area contributed by atoms with Gasteiger partial charge in [0.15, 0.2) is 0 Å². The highest BCUT2D eigenvalue weighted by molar-refractivity contribution is 9.10. The van der Waals surface area contributed by atoms with Crippen molar-refractivity contribution in [3.8, 4) is 0 Å². The summed E-state index contributed by atoms with van der Waals surface area (Å²) in [5, 5.41) is 3.73. The minimum Gasteiger partial charge on any atom is -0.381 e. The fraction of sp³-hybridized carbons (Fsp3) is 0.625. The maximum atomic E-state index is 6.16. The van der Waals surface area contributed by atoms with Gasteiger partial charge in [0.2, 0.25) is 0 Å². The van der Waals surface area contributed by atoms with Gasteiger partial charge in [0, 0.05) is 22.8 Å². The minimum atomic E-state index is 0.150. The molecule has 2 fully saturated rings. The second-order valence-electron chi connectivity index (χ2n) is 5.91. The molecule has 0 radical (unpaired) electrons. The van der Waals surface area contributed by atoms with Crippen LogP contribution in [0, 0.1) is 6.92 Å². The van der Waals surface area contributed by atoms with Crippen LogP contribution in [-0.2, 0) is 4.74 Å². The Morgan fingerprint density at radius 1 is 1.35 bits per heavy atom. The van der Waals surface area contributed by atoms with Gasteiger partial charge in [0.1, 0.15) is 0 Å². The molecule has 3 rings (SSSR count). The standard InChI is InChI=1S/C16H22BrNOS/c1-12-3-2-4-14(15(12)17)18-13-5-8-19-16(11-13)6-9-20-10-7-16/h2-4,13,18H,5-11H2,1H3. The van der Waals surface area contributed by atoms with Crippen LogP contribution in [0.15, 0.2) is 22.7 Å². The number of aryl methyl sites for hydroxylation is 1. The molecule has 20 heavy (non-hydrogen) atoms. The summed E-state index contributed by atoms with van der Waals surface area (Å²) in [4.78, 5) is 0. The lowest BCUT2D eigenvalue weighted by Gasteiger charge is -2.43. The quantitative estimate of drug-likeness (QED) is 0.836. The summed E-state index contributed by atoms with van der Waals surface area (Å²) in [7, 11) is 0. The van der Waals surface area contributed by atoms with Gasteiger partial charge in [-0.25, -0.2) is 0 Å². The zero-order valence-electron chi connectivity index (χ0n) is 12.0. The lowest BCUT2D eigenvalue weighted by Crippen LogP contribution is -2.46. The average Bonchev–Trinajstić information content (AvgIpc) is 2.45. The maximum Gasteiger partial charge on any atom is 0.0717 e. The Labute approximate surface area is 134 Å². The molecule has 1 unspecified atom stereocenters. The fourth-order valence-corrected chi connectivity index (χ4v) is 4.84. The Balaban J connectivity index is 1.69. The van der Waals surface area contributed by atoms with E-state index in [4.69, 9.17) is 4.74 Å². The van der Waals surface area contributed by atoms with E-state index in [1.165, 1.54) is 40.1 Å². The first-order valence-electron chi connectivity index (χ1n) is 7.42. The van der Waals surface area contributed by atoms with Crippen molar-refractivity contribution in [2.75, 3.05) is 23.4 Å². The number of rotatable bonds is 2. The van der Waals surface area contributed by atoms with E-state index in [1.807, 2.05) is 0 Å². The van der Waals surface area contributed by atoms with Crippen LogP contribution < -0.4 is 5.32 Å². The normalized spacial score (nSPS) is 25.6. The van der Waals surface area contributed by atoms with Crippen LogP contribution in [-0.4, -0.2) is 29.8 Å². The highest BCUT2D eigenvalue weighted by Crippen LogP contribution is 2.39. The monoisotopic (exact) mass is 355 g/mol. The molecule has 0 bridgehead atoms. The summed E-state index contributed by atoms with van der Waals surface area (Å²) in [5.74, 6) is 2.50. The van der Waals surface area contributed by atoms with Gasteiger partial charge in [-0.05, 0) is 71.7 Å². The van der Waals surface area contributed by atoms with E-state index in [0.29, 0.717) is 6.04 Å². The third-order valence-electron chi connectivity index (χ3n) is 4.45. The minimum absolute atomic E-state index is 0.150. The lowest BCUT2D eigenvalue weighted by atomic mass is 9.85. The molecule has 0 aromatic heterocycles.